The first-order chi connectivity index (χ1) is 6.61. The van der Waals surface area contributed by atoms with Crippen LogP contribution < -0.4 is 10.6 Å². The van der Waals surface area contributed by atoms with E-state index in [0.29, 0.717) is 18.6 Å². The van der Waals surface area contributed by atoms with Gasteiger partial charge in [0.05, 0.1) is 6.61 Å². The van der Waals surface area contributed by atoms with Crippen LogP contribution in [0, 0.1) is 5.92 Å². The molecule has 0 rings (SSSR count). The lowest BCUT2D eigenvalue weighted by Gasteiger charge is -2.21. The lowest BCUT2D eigenvalue weighted by molar-refractivity contribution is 0.203. The summed E-state index contributed by atoms with van der Waals surface area (Å²) in [5.41, 5.74) is 0. The summed E-state index contributed by atoms with van der Waals surface area (Å²) < 4.78 is 4.92. The molecule has 4 heteroatoms. The maximum absolute atomic E-state index is 5.13. The molecule has 0 spiro atoms. The minimum Gasteiger partial charge on any atom is -0.383 e. The molecule has 0 amide bonds. The van der Waals surface area contributed by atoms with Gasteiger partial charge in [-0.1, -0.05) is 20.3 Å². The molecule has 0 saturated heterocycles. The number of ether oxygens (including phenoxy) is 1. The van der Waals surface area contributed by atoms with E-state index in [2.05, 4.69) is 31.4 Å². The van der Waals surface area contributed by atoms with Gasteiger partial charge in [-0.05, 0) is 25.1 Å². The third-order valence-electron chi connectivity index (χ3n) is 2.45. The Labute approximate surface area is 92.6 Å². The molecule has 14 heavy (non-hydrogen) atoms. The topological polar surface area (TPSA) is 33.3 Å². The monoisotopic (exact) mass is 218 g/mol. The van der Waals surface area contributed by atoms with Gasteiger partial charge in [-0.3, -0.25) is 0 Å². The normalized spacial score (nSPS) is 14.6. The minimum atomic E-state index is 0.419. The van der Waals surface area contributed by atoms with Crippen molar-refractivity contribution in [2.75, 3.05) is 20.3 Å². The standard InChI is InChI=1S/C10H22N2OS/c1-5-8(2)9(3)12-10(14)11-6-7-13-4/h8-9H,5-7H2,1-4H3,(H2,11,12,14). The Morgan fingerprint density at radius 2 is 2.07 bits per heavy atom. The number of rotatable bonds is 6. The molecule has 0 bridgehead atoms. The average Bonchev–Trinajstić information content (AvgIpc) is 2.16. The zero-order valence-corrected chi connectivity index (χ0v) is 10.4. The highest BCUT2D eigenvalue weighted by atomic mass is 32.1. The van der Waals surface area contributed by atoms with Crippen LogP contribution >= 0.6 is 12.2 Å². The van der Waals surface area contributed by atoms with E-state index < -0.39 is 0 Å². The van der Waals surface area contributed by atoms with Gasteiger partial charge < -0.3 is 15.4 Å². The zero-order chi connectivity index (χ0) is 11.0. The largest absolute Gasteiger partial charge is 0.383 e. The highest BCUT2D eigenvalue weighted by Crippen LogP contribution is 2.05. The molecule has 0 aliphatic carbocycles. The molecule has 0 saturated carbocycles. The summed E-state index contributed by atoms with van der Waals surface area (Å²) in [5, 5.41) is 7.06. The van der Waals surface area contributed by atoms with Gasteiger partial charge in [-0.2, -0.15) is 0 Å². The molecular weight excluding hydrogens is 196 g/mol. The summed E-state index contributed by atoms with van der Waals surface area (Å²) in [6.07, 6.45) is 1.16. The fourth-order valence-corrected chi connectivity index (χ4v) is 1.31. The van der Waals surface area contributed by atoms with Gasteiger partial charge in [0.25, 0.3) is 0 Å². The predicted molar refractivity (Wildman–Crippen MR) is 64.5 cm³/mol. The Morgan fingerprint density at radius 1 is 1.43 bits per heavy atom. The predicted octanol–water partition coefficient (Wildman–Crippen LogP) is 1.53. The molecule has 2 atom stereocenters. The third kappa shape index (κ3) is 6.16. The molecule has 0 aliphatic rings. The van der Waals surface area contributed by atoms with Crippen molar-refractivity contribution < 1.29 is 4.74 Å². The molecule has 0 radical (unpaired) electrons. The Hall–Kier alpha value is -0.350. The maximum Gasteiger partial charge on any atom is 0.166 e. The van der Waals surface area contributed by atoms with Crippen LogP contribution in [0.2, 0.25) is 0 Å². The summed E-state index contributed by atoms with van der Waals surface area (Å²) >= 11 is 5.13. The van der Waals surface area contributed by atoms with Gasteiger partial charge in [0.15, 0.2) is 5.11 Å². The van der Waals surface area contributed by atoms with Crippen molar-refractivity contribution in [1.82, 2.24) is 10.6 Å². The third-order valence-corrected chi connectivity index (χ3v) is 2.71. The molecule has 0 aliphatic heterocycles. The van der Waals surface area contributed by atoms with Crippen molar-refractivity contribution in [3.8, 4) is 0 Å². The van der Waals surface area contributed by atoms with E-state index in [1.54, 1.807) is 7.11 Å². The van der Waals surface area contributed by atoms with Crippen molar-refractivity contribution in [1.29, 1.82) is 0 Å². The number of thiocarbonyl (C=S) groups is 1. The fraction of sp³-hybridized carbons (Fsp3) is 0.900. The van der Waals surface area contributed by atoms with Gasteiger partial charge >= 0.3 is 0 Å². The molecule has 3 nitrogen and oxygen atoms in total. The van der Waals surface area contributed by atoms with Gasteiger partial charge in [0.1, 0.15) is 0 Å². The first-order valence-corrected chi connectivity index (χ1v) is 5.55. The van der Waals surface area contributed by atoms with Gasteiger partial charge in [-0.25, -0.2) is 0 Å². The Kier molecular flexibility index (Phi) is 7.80. The van der Waals surface area contributed by atoms with E-state index in [4.69, 9.17) is 17.0 Å². The van der Waals surface area contributed by atoms with Crippen LogP contribution in [0.4, 0.5) is 0 Å². The molecular formula is C10H22N2OS. The average molecular weight is 218 g/mol. The molecule has 2 unspecified atom stereocenters. The lowest BCUT2D eigenvalue weighted by atomic mass is 10.0. The highest BCUT2D eigenvalue weighted by Gasteiger charge is 2.10. The van der Waals surface area contributed by atoms with E-state index in [1.807, 2.05) is 0 Å². The maximum atomic E-state index is 5.13. The van der Waals surface area contributed by atoms with Crippen LogP contribution in [0.5, 0.6) is 0 Å². The number of hydrogen-bond donors (Lipinski definition) is 2. The molecule has 84 valence electrons. The SMILES string of the molecule is CCC(C)C(C)NC(=S)NCCOC. The molecule has 0 heterocycles. The lowest BCUT2D eigenvalue weighted by Crippen LogP contribution is -2.44. The summed E-state index contributed by atoms with van der Waals surface area (Å²) in [5.74, 6) is 0.636. The summed E-state index contributed by atoms with van der Waals surface area (Å²) in [4.78, 5) is 0. The van der Waals surface area contributed by atoms with Crippen molar-refractivity contribution in [3.63, 3.8) is 0 Å². The smallest absolute Gasteiger partial charge is 0.166 e. The Balaban J connectivity index is 3.60. The molecule has 0 aromatic rings. The summed E-state index contributed by atoms with van der Waals surface area (Å²) in [6, 6.07) is 0.419. The van der Waals surface area contributed by atoms with E-state index in [0.717, 1.165) is 18.1 Å². The number of nitrogens with one attached hydrogen (secondary N) is 2. The van der Waals surface area contributed by atoms with Crippen molar-refractivity contribution in [2.45, 2.75) is 33.2 Å². The minimum absolute atomic E-state index is 0.419. The second-order valence-corrected chi connectivity index (χ2v) is 3.98. The number of methoxy groups -OCH3 is 1. The summed E-state index contributed by atoms with van der Waals surface area (Å²) in [7, 11) is 1.68. The van der Waals surface area contributed by atoms with Crippen LogP contribution in [0.1, 0.15) is 27.2 Å². The van der Waals surface area contributed by atoms with Crippen LogP contribution in [0.3, 0.4) is 0 Å². The van der Waals surface area contributed by atoms with E-state index in [-0.39, 0.29) is 0 Å². The highest BCUT2D eigenvalue weighted by molar-refractivity contribution is 7.80. The first kappa shape index (κ1) is 13.7. The first-order valence-electron chi connectivity index (χ1n) is 5.15. The van der Waals surface area contributed by atoms with Crippen LogP contribution in [-0.4, -0.2) is 31.4 Å². The van der Waals surface area contributed by atoms with E-state index >= 15 is 0 Å². The van der Waals surface area contributed by atoms with Gasteiger partial charge in [0, 0.05) is 19.7 Å². The summed E-state index contributed by atoms with van der Waals surface area (Å²) in [6.45, 7) is 7.99. The quantitative estimate of drug-likeness (QED) is 0.523. The second kappa shape index (κ2) is 8.00. The van der Waals surface area contributed by atoms with Crippen LogP contribution in [0.15, 0.2) is 0 Å². The zero-order valence-electron chi connectivity index (χ0n) is 9.59. The molecule has 0 fully saturated rings. The van der Waals surface area contributed by atoms with E-state index in [9.17, 15) is 0 Å². The van der Waals surface area contributed by atoms with E-state index in [1.165, 1.54) is 0 Å². The Bertz CT molecular complexity index is 164. The van der Waals surface area contributed by atoms with Crippen molar-refractivity contribution in [3.05, 3.63) is 0 Å². The van der Waals surface area contributed by atoms with Gasteiger partial charge in [0.2, 0.25) is 0 Å². The van der Waals surface area contributed by atoms with Crippen LogP contribution in [0.25, 0.3) is 0 Å². The molecule has 0 aromatic heterocycles. The van der Waals surface area contributed by atoms with Crippen molar-refractivity contribution in [2.24, 2.45) is 5.92 Å². The molecule has 2 N–H and O–H groups in total. The van der Waals surface area contributed by atoms with Gasteiger partial charge in [-0.15, -0.1) is 0 Å². The Morgan fingerprint density at radius 3 is 2.57 bits per heavy atom. The molecule has 0 aromatic carbocycles. The van der Waals surface area contributed by atoms with Crippen molar-refractivity contribution >= 4 is 17.3 Å². The fourth-order valence-electron chi connectivity index (χ4n) is 1.02. The van der Waals surface area contributed by atoms with Crippen LogP contribution in [-0.2, 0) is 4.74 Å². The number of hydrogen-bond acceptors (Lipinski definition) is 2. The second-order valence-electron chi connectivity index (χ2n) is 3.57.